The summed E-state index contributed by atoms with van der Waals surface area (Å²) in [5, 5.41) is 3.53. The number of anilines is 1. The zero-order valence-electron chi connectivity index (χ0n) is 12.3. The Morgan fingerprint density at radius 3 is 2.58 bits per heavy atom. The first-order chi connectivity index (χ1) is 8.81. The van der Waals surface area contributed by atoms with E-state index in [0.717, 1.165) is 17.7 Å². The van der Waals surface area contributed by atoms with Crippen LogP contribution in [0.25, 0.3) is 0 Å². The van der Waals surface area contributed by atoms with Crippen LogP contribution in [0.2, 0.25) is 5.02 Å². The number of nitrogens with one attached hydrogen (secondary N) is 1. The molecule has 0 fully saturated rings. The molecule has 0 aliphatic rings. The molecule has 0 spiro atoms. The standard InChI is InChI=1S/C15H23ClN2O/c1-10(2)8-12(4)18(5)15(19)17-14-9-13(16)7-6-11(14)3/h6-7,9-10,12H,8H2,1-5H3,(H,17,19)/t12-/m1/s1. The number of carbonyl (C=O) groups excluding carboxylic acids is 1. The van der Waals surface area contributed by atoms with Gasteiger partial charge in [-0.05, 0) is 43.9 Å². The van der Waals surface area contributed by atoms with Gasteiger partial charge in [0.1, 0.15) is 0 Å². The average molecular weight is 283 g/mol. The van der Waals surface area contributed by atoms with Gasteiger partial charge in [-0.2, -0.15) is 0 Å². The van der Waals surface area contributed by atoms with E-state index in [0.29, 0.717) is 10.9 Å². The molecule has 1 rings (SSSR count). The number of hydrogen-bond donors (Lipinski definition) is 1. The highest BCUT2D eigenvalue weighted by Crippen LogP contribution is 2.21. The smallest absolute Gasteiger partial charge is 0.321 e. The molecule has 0 saturated carbocycles. The lowest BCUT2D eigenvalue weighted by molar-refractivity contribution is 0.200. The number of urea groups is 1. The van der Waals surface area contributed by atoms with E-state index < -0.39 is 0 Å². The van der Waals surface area contributed by atoms with Gasteiger partial charge in [0.05, 0.1) is 0 Å². The van der Waals surface area contributed by atoms with E-state index in [9.17, 15) is 4.79 Å². The van der Waals surface area contributed by atoms with Crippen LogP contribution in [-0.4, -0.2) is 24.0 Å². The minimum absolute atomic E-state index is 0.0986. The van der Waals surface area contributed by atoms with Gasteiger partial charge in [-0.15, -0.1) is 0 Å². The van der Waals surface area contributed by atoms with Crippen LogP contribution in [0.4, 0.5) is 10.5 Å². The molecule has 19 heavy (non-hydrogen) atoms. The monoisotopic (exact) mass is 282 g/mol. The highest BCUT2D eigenvalue weighted by Gasteiger charge is 2.17. The largest absolute Gasteiger partial charge is 0.325 e. The second-order valence-electron chi connectivity index (χ2n) is 5.48. The van der Waals surface area contributed by atoms with Gasteiger partial charge in [-0.25, -0.2) is 4.79 Å². The minimum Gasteiger partial charge on any atom is -0.325 e. The van der Waals surface area contributed by atoms with Crippen LogP contribution in [0.3, 0.4) is 0 Å². The van der Waals surface area contributed by atoms with Crippen LogP contribution >= 0.6 is 11.6 Å². The summed E-state index contributed by atoms with van der Waals surface area (Å²) in [6.07, 6.45) is 0.985. The van der Waals surface area contributed by atoms with E-state index in [-0.39, 0.29) is 12.1 Å². The van der Waals surface area contributed by atoms with Crippen LogP contribution < -0.4 is 5.32 Å². The number of rotatable bonds is 4. The minimum atomic E-state index is -0.0986. The molecule has 1 N–H and O–H groups in total. The quantitative estimate of drug-likeness (QED) is 0.863. The Hall–Kier alpha value is -1.22. The third-order valence-corrected chi connectivity index (χ3v) is 3.47. The molecule has 0 bridgehead atoms. The molecule has 1 aromatic carbocycles. The highest BCUT2D eigenvalue weighted by atomic mass is 35.5. The Balaban J connectivity index is 2.71. The van der Waals surface area contributed by atoms with Gasteiger partial charge in [0.15, 0.2) is 0 Å². The van der Waals surface area contributed by atoms with Crippen molar-refractivity contribution in [1.82, 2.24) is 4.90 Å². The Morgan fingerprint density at radius 2 is 2.00 bits per heavy atom. The Bertz CT molecular complexity index is 446. The Kier molecular flexibility index (Phi) is 5.67. The molecule has 1 atom stereocenters. The van der Waals surface area contributed by atoms with Crippen molar-refractivity contribution in [2.24, 2.45) is 5.92 Å². The first-order valence-corrected chi connectivity index (χ1v) is 6.99. The predicted molar refractivity (Wildman–Crippen MR) is 81.9 cm³/mol. The molecule has 0 aliphatic carbocycles. The Morgan fingerprint density at radius 1 is 1.37 bits per heavy atom. The van der Waals surface area contributed by atoms with Crippen LogP contribution in [-0.2, 0) is 0 Å². The van der Waals surface area contributed by atoms with Crippen LogP contribution in [0.1, 0.15) is 32.8 Å². The molecule has 3 nitrogen and oxygen atoms in total. The van der Waals surface area contributed by atoms with Crippen molar-refractivity contribution in [2.75, 3.05) is 12.4 Å². The number of amides is 2. The molecular formula is C15H23ClN2O. The van der Waals surface area contributed by atoms with E-state index in [4.69, 9.17) is 11.6 Å². The number of hydrogen-bond acceptors (Lipinski definition) is 1. The number of carbonyl (C=O) groups is 1. The first-order valence-electron chi connectivity index (χ1n) is 6.61. The lowest BCUT2D eigenvalue weighted by Crippen LogP contribution is -2.39. The number of nitrogens with zero attached hydrogens (tertiary/aromatic N) is 1. The van der Waals surface area contributed by atoms with Crippen molar-refractivity contribution in [3.05, 3.63) is 28.8 Å². The highest BCUT2D eigenvalue weighted by molar-refractivity contribution is 6.31. The molecule has 0 unspecified atom stereocenters. The summed E-state index contributed by atoms with van der Waals surface area (Å²) in [7, 11) is 1.82. The van der Waals surface area contributed by atoms with Gasteiger partial charge in [0.2, 0.25) is 0 Å². The van der Waals surface area contributed by atoms with Gasteiger partial charge in [-0.1, -0.05) is 31.5 Å². The summed E-state index contributed by atoms with van der Waals surface area (Å²) < 4.78 is 0. The van der Waals surface area contributed by atoms with Crippen molar-refractivity contribution in [3.8, 4) is 0 Å². The molecular weight excluding hydrogens is 260 g/mol. The lowest BCUT2D eigenvalue weighted by Gasteiger charge is -2.26. The van der Waals surface area contributed by atoms with E-state index >= 15 is 0 Å². The van der Waals surface area contributed by atoms with Gasteiger partial charge in [-0.3, -0.25) is 0 Å². The summed E-state index contributed by atoms with van der Waals surface area (Å²) in [6, 6.07) is 5.60. The average Bonchev–Trinajstić information content (AvgIpc) is 2.31. The van der Waals surface area contributed by atoms with Gasteiger partial charge < -0.3 is 10.2 Å². The summed E-state index contributed by atoms with van der Waals surface area (Å²) >= 11 is 5.95. The van der Waals surface area contributed by atoms with Gasteiger partial charge in [0.25, 0.3) is 0 Å². The second-order valence-corrected chi connectivity index (χ2v) is 5.92. The zero-order valence-corrected chi connectivity index (χ0v) is 13.1. The number of aryl methyl sites for hydroxylation is 1. The number of benzene rings is 1. The van der Waals surface area contributed by atoms with E-state index in [1.807, 2.05) is 26.1 Å². The van der Waals surface area contributed by atoms with E-state index in [1.165, 1.54) is 0 Å². The maximum atomic E-state index is 12.2. The third kappa shape index (κ3) is 4.75. The lowest BCUT2D eigenvalue weighted by atomic mass is 10.0. The molecule has 4 heteroatoms. The predicted octanol–water partition coefficient (Wildman–Crippen LogP) is 4.55. The number of halogens is 1. The van der Waals surface area contributed by atoms with Crippen molar-refractivity contribution in [1.29, 1.82) is 0 Å². The molecule has 0 heterocycles. The molecule has 1 aromatic rings. The maximum Gasteiger partial charge on any atom is 0.321 e. The summed E-state index contributed by atoms with van der Waals surface area (Å²) in [5.74, 6) is 0.568. The maximum absolute atomic E-state index is 12.2. The topological polar surface area (TPSA) is 32.3 Å². The van der Waals surface area contributed by atoms with Gasteiger partial charge >= 0.3 is 6.03 Å². The third-order valence-electron chi connectivity index (χ3n) is 3.24. The van der Waals surface area contributed by atoms with E-state index in [2.05, 4.69) is 26.1 Å². The van der Waals surface area contributed by atoms with Crippen LogP contribution in [0.5, 0.6) is 0 Å². The molecule has 2 amide bonds. The molecule has 0 saturated heterocycles. The zero-order chi connectivity index (χ0) is 14.6. The van der Waals surface area contributed by atoms with Gasteiger partial charge in [0, 0.05) is 23.8 Å². The summed E-state index contributed by atoms with van der Waals surface area (Å²) in [6.45, 7) is 8.32. The Labute approximate surface area is 120 Å². The summed E-state index contributed by atoms with van der Waals surface area (Å²) in [5.41, 5.74) is 1.77. The van der Waals surface area contributed by atoms with Crippen LogP contribution in [0, 0.1) is 12.8 Å². The normalized spacial score (nSPS) is 12.4. The SMILES string of the molecule is Cc1ccc(Cl)cc1NC(=O)N(C)[C@H](C)CC(C)C. The van der Waals surface area contributed by atoms with Crippen molar-refractivity contribution in [3.63, 3.8) is 0 Å². The molecule has 0 aliphatic heterocycles. The van der Waals surface area contributed by atoms with Crippen molar-refractivity contribution < 1.29 is 4.79 Å². The fourth-order valence-corrected chi connectivity index (χ4v) is 2.14. The fraction of sp³-hybridized carbons (Fsp3) is 0.533. The van der Waals surface area contributed by atoms with Crippen molar-refractivity contribution in [2.45, 2.75) is 40.2 Å². The first kappa shape index (κ1) is 15.8. The second kappa shape index (κ2) is 6.80. The fourth-order valence-electron chi connectivity index (χ4n) is 1.97. The van der Waals surface area contributed by atoms with E-state index in [1.54, 1.807) is 11.0 Å². The molecule has 106 valence electrons. The van der Waals surface area contributed by atoms with Crippen molar-refractivity contribution >= 4 is 23.3 Å². The molecule has 0 radical (unpaired) electrons. The van der Waals surface area contributed by atoms with Crippen LogP contribution in [0.15, 0.2) is 18.2 Å². The molecule has 0 aromatic heterocycles. The summed E-state index contributed by atoms with van der Waals surface area (Å²) in [4.78, 5) is 13.9.